The largest absolute Gasteiger partial charge is 0.491 e. The van der Waals surface area contributed by atoms with Gasteiger partial charge in [-0.1, -0.05) is 0 Å². The fourth-order valence-electron chi connectivity index (χ4n) is 1.46. The molecule has 1 amide bonds. The monoisotopic (exact) mass is 303 g/mol. The molecule has 0 bridgehead atoms. The fourth-order valence-corrected chi connectivity index (χ4v) is 1.46. The van der Waals surface area contributed by atoms with Gasteiger partial charge in [-0.3, -0.25) is 10.2 Å². The van der Waals surface area contributed by atoms with Crippen LogP contribution in [0.4, 0.5) is 13.2 Å². The van der Waals surface area contributed by atoms with Crippen LogP contribution >= 0.6 is 0 Å². The molecule has 0 aliphatic rings. The number of nitrogens with two attached hydrogens (primary N) is 2. The Labute approximate surface area is 117 Å². The molecule has 6 nitrogen and oxygen atoms in total. The second-order valence-electron chi connectivity index (χ2n) is 4.09. The molecule has 5 N–H and O–H groups in total. The number of nitrogen functional groups attached to an aromatic ring is 1. The molecular formula is C12H12F3N3O3. The summed E-state index contributed by atoms with van der Waals surface area (Å²) in [6, 6.07) is 3.58. The van der Waals surface area contributed by atoms with Crippen molar-refractivity contribution in [3.05, 3.63) is 29.3 Å². The molecule has 0 heterocycles. The second-order valence-corrected chi connectivity index (χ2v) is 4.09. The summed E-state index contributed by atoms with van der Waals surface area (Å²) >= 11 is 0. The van der Waals surface area contributed by atoms with E-state index in [0.717, 1.165) is 6.07 Å². The van der Waals surface area contributed by atoms with Crippen LogP contribution in [0.25, 0.3) is 0 Å². The van der Waals surface area contributed by atoms with E-state index in [-0.39, 0.29) is 35.6 Å². The van der Waals surface area contributed by atoms with Crippen LogP contribution in [0.5, 0.6) is 5.75 Å². The minimum absolute atomic E-state index is 0.0447. The van der Waals surface area contributed by atoms with Crippen LogP contribution in [0, 0.1) is 5.41 Å². The first-order valence-electron chi connectivity index (χ1n) is 5.66. The molecule has 0 atom stereocenters. The quantitative estimate of drug-likeness (QED) is 0.323. The molecule has 0 spiro atoms. The number of amides is 1. The summed E-state index contributed by atoms with van der Waals surface area (Å²) < 4.78 is 40.8. The van der Waals surface area contributed by atoms with Crippen LogP contribution in [0.2, 0.25) is 0 Å². The number of aryl methyl sites for hydroxylation is 1. The van der Waals surface area contributed by atoms with Crippen molar-refractivity contribution < 1.29 is 27.5 Å². The number of esters is 1. The minimum Gasteiger partial charge on any atom is -0.420 e. The van der Waals surface area contributed by atoms with Gasteiger partial charge in [0.2, 0.25) is 5.91 Å². The van der Waals surface area contributed by atoms with E-state index in [1.54, 1.807) is 0 Å². The van der Waals surface area contributed by atoms with Gasteiger partial charge >= 0.3 is 12.1 Å². The van der Waals surface area contributed by atoms with Crippen molar-refractivity contribution in [2.45, 2.75) is 19.0 Å². The summed E-state index contributed by atoms with van der Waals surface area (Å²) in [7, 11) is 0. The lowest BCUT2D eigenvalue weighted by molar-refractivity contribution is -0.189. The number of rotatable bonds is 5. The Morgan fingerprint density at radius 2 is 1.86 bits per heavy atom. The molecule has 0 saturated carbocycles. The molecule has 0 aromatic heterocycles. The highest BCUT2D eigenvalue weighted by molar-refractivity contribution is 5.95. The summed E-state index contributed by atoms with van der Waals surface area (Å²) in [6.07, 6.45) is -5.34. The third-order valence-electron chi connectivity index (χ3n) is 2.45. The van der Waals surface area contributed by atoms with Gasteiger partial charge in [-0.05, 0) is 30.2 Å². The number of nitrogens with one attached hydrogen (secondary N) is 1. The molecule has 0 aliphatic heterocycles. The van der Waals surface area contributed by atoms with Crippen LogP contribution in [0.3, 0.4) is 0 Å². The van der Waals surface area contributed by atoms with E-state index in [1.165, 1.54) is 12.1 Å². The Hall–Kier alpha value is -2.58. The fraction of sp³-hybridized carbons (Fsp3) is 0.250. The lowest BCUT2D eigenvalue weighted by atomic mass is 10.0. The summed E-state index contributed by atoms with van der Waals surface area (Å²) in [5.41, 5.74) is 10.6. The van der Waals surface area contributed by atoms with E-state index in [4.69, 9.17) is 16.9 Å². The molecule has 0 aliphatic carbocycles. The van der Waals surface area contributed by atoms with Gasteiger partial charge in [0.15, 0.2) is 0 Å². The van der Waals surface area contributed by atoms with Crippen molar-refractivity contribution in [3.8, 4) is 5.75 Å². The average Bonchev–Trinajstić information content (AvgIpc) is 2.35. The van der Waals surface area contributed by atoms with Gasteiger partial charge < -0.3 is 16.2 Å². The van der Waals surface area contributed by atoms with Gasteiger partial charge in [-0.2, -0.15) is 13.2 Å². The molecule has 1 aromatic rings. The minimum atomic E-state index is -5.14. The van der Waals surface area contributed by atoms with Crippen molar-refractivity contribution in [3.63, 3.8) is 0 Å². The van der Waals surface area contributed by atoms with Crippen LogP contribution in [0.15, 0.2) is 18.2 Å². The highest BCUT2D eigenvalue weighted by Gasteiger charge is 2.41. The molecule has 0 fully saturated rings. The molecule has 1 aromatic carbocycles. The Bertz CT molecular complexity index is 585. The van der Waals surface area contributed by atoms with E-state index in [0.29, 0.717) is 0 Å². The van der Waals surface area contributed by atoms with Crippen LogP contribution in [-0.4, -0.2) is 23.9 Å². The predicted octanol–water partition coefficient (Wildman–Crippen LogP) is 0.856. The summed E-state index contributed by atoms with van der Waals surface area (Å²) in [5, 5.41) is 7.26. The summed E-state index contributed by atoms with van der Waals surface area (Å²) in [4.78, 5) is 21.6. The molecule has 0 saturated heterocycles. The smallest absolute Gasteiger partial charge is 0.420 e. The lowest BCUT2D eigenvalue weighted by Gasteiger charge is -2.12. The third-order valence-corrected chi connectivity index (χ3v) is 2.45. The predicted molar refractivity (Wildman–Crippen MR) is 66.7 cm³/mol. The van der Waals surface area contributed by atoms with Crippen LogP contribution in [-0.2, 0) is 16.0 Å². The van der Waals surface area contributed by atoms with E-state index < -0.39 is 18.1 Å². The van der Waals surface area contributed by atoms with Crippen molar-refractivity contribution in [1.29, 1.82) is 5.41 Å². The zero-order valence-electron chi connectivity index (χ0n) is 10.7. The number of primary amides is 1. The van der Waals surface area contributed by atoms with Gasteiger partial charge in [0.05, 0.1) is 0 Å². The van der Waals surface area contributed by atoms with Gasteiger partial charge in [0.25, 0.3) is 0 Å². The lowest BCUT2D eigenvalue weighted by Crippen LogP contribution is -2.28. The van der Waals surface area contributed by atoms with Crippen LogP contribution in [0.1, 0.15) is 17.5 Å². The molecule has 114 valence electrons. The molecule has 9 heteroatoms. The third kappa shape index (κ3) is 4.79. The number of hydrogen-bond acceptors (Lipinski definition) is 4. The zero-order valence-corrected chi connectivity index (χ0v) is 10.7. The Kier molecular flexibility index (Phi) is 4.90. The number of amidine groups is 1. The van der Waals surface area contributed by atoms with Crippen molar-refractivity contribution in [2.75, 3.05) is 0 Å². The average molecular weight is 303 g/mol. The Morgan fingerprint density at radius 1 is 1.24 bits per heavy atom. The SMILES string of the molecule is N=C(N)c1ccc(OC(=O)C(F)(F)F)c(CCC(N)=O)c1. The van der Waals surface area contributed by atoms with Gasteiger partial charge in [-0.25, -0.2) is 4.79 Å². The summed E-state index contributed by atoms with van der Waals surface area (Å²) in [5.74, 6) is -3.72. The first kappa shape index (κ1) is 16.5. The van der Waals surface area contributed by atoms with Crippen molar-refractivity contribution in [1.82, 2.24) is 0 Å². The normalized spacial score (nSPS) is 11.0. The van der Waals surface area contributed by atoms with Gasteiger partial charge in [-0.15, -0.1) is 0 Å². The van der Waals surface area contributed by atoms with E-state index >= 15 is 0 Å². The molecule has 21 heavy (non-hydrogen) atoms. The number of ether oxygens (including phenoxy) is 1. The topological polar surface area (TPSA) is 119 Å². The number of alkyl halides is 3. The highest BCUT2D eigenvalue weighted by Crippen LogP contribution is 2.25. The zero-order chi connectivity index (χ0) is 16.2. The number of halogens is 3. The number of carbonyl (C=O) groups is 2. The maximum absolute atomic E-state index is 12.2. The maximum atomic E-state index is 12.2. The first-order chi connectivity index (χ1) is 9.61. The second kappa shape index (κ2) is 6.25. The molecule has 0 radical (unpaired) electrons. The Balaban J connectivity index is 3.08. The highest BCUT2D eigenvalue weighted by atomic mass is 19.4. The van der Waals surface area contributed by atoms with Crippen molar-refractivity contribution >= 4 is 17.7 Å². The molecule has 1 rings (SSSR count). The standard InChI is InChI=1S/C12H12F3N3O3/c13-12(14,15)11(20)21-8-3-1-7(10(17)18)5-6(8)2-4-9(16)19/h1,3,5H,2,4H2,(H2,16,19)(H3,17,18). The molecule has 0 unspecified atom stereocenters. The first-order valence-corrected chi connectivity index (χ1v) is 5.66. The van der Waals surface area contributed by atoms with E-state index in [9.17, 15) is 22.8 Å². The van der Waals surface area contributed by atoms with Gasteiger partial charge in [0, 0.05) is 12.0 Å². The van der Waals surface area contributed by atoms with Gasteiger partial charge in [0.1, 0.15) is 11.6 Å². The van der Waals surface area contributed by atoms with Crippen molar-refractivity contribution in [2.24, 2.45) is 11.5 Å². The number of hydrogen-bond donors (Lipinski definition) is 3. The van der Waals surface area contributed by atoms with E-state index in [1.807, 2.05) is 0 Å². The Morgan fingerprint density at radius 3 is 2.33 bits per heavy atom. The summed E-state index contributed by atoms with van der Waals surface area (Å²) in [6.45, 7) is 0. The van der Waals surface area contributed by atoms with Crippen LogP contribution < -0.4 is 16.2 Å². The number of benzene rings is 1. The number of carbonyl (C=O) groups excluding carboxylic acids is 2. The van der Waals surface area contributed by atoms with E-state index in [2.05, 4.69) is 4.74 Å². The molecular weight excluding hydrogens is 291 g/mol. The maximum Gasteiger partial charge on any atom is 0.491 e.